The van der Waals surface area contributed by atoms with E-state index in [2.05, 4.69) is 10.6 Å². The van der Waals surface area contributed by atoms with Crippen LogP contribution in [0.1, 0.15) is 15.9 Å². The quantitative estimate of drug-likeness (QED) is 0.403. The lowest BCUT2D eigenvalue weighted by Crippen LogP contribution is -2.32. The van der Waals surface area contributed by atoms with Gasteiger partial charge in [-0.05, 0) is 67.1 Å². The third-order valence-corrected chi connectivity index (χ3v) is 6.11. The molecule has 3 amide bonds. The Morgan fingerprint density at radius 2 is 1.58 bits per heavy atom. The zero-order valence-corrected chi connectivity index (χ0v) is 21.0. The number of carbonyl (C=O) groups excluding carboxylic acids is 3. The lowest BCUT2D eigenvalue weighted by molar-refractivity contribution is -0.120. The lowest BCUT2D eigenvalue weighted by Gasteiger charge is -2.16. The van der Waals surface area contributed by atoms with Crippen molar-refractivity contribution in [3.8, 4) is 11.5 Å². The van der Waals surface area contributed by atoms with E-state index in [0.717, 1.165) is 10.5 Å². The van der Waals surface area contributed by atoms with Gasteiger partial charge in [-0.2, -0.15) is 0 Å². The van der Waals surface area contributed by atoms with E-state index in [0.29, 0.717) is 39.1 Å². The monoisotopic (exact) mass is 525 g/mol. The Morgan fingerprint density at radius 3 is 2.25 bits per heavy atom. The summed E-state index contributed by atoms with van der Waals surface area (Å²) in [6.07, 6.45) is 0. The smallest absolute Gasteiger partial charge is 0.283 e. The zero-order chi connectivity index (χ0) is 26.0. The Hall–Kier alpha value is -4.01. The fraction of sp³-hybridized carbons (Fsp3) is 0.115. The molecule has 0 unspecified atom stereocenters. The molecule has 36 heavy (non-hydrogen) atoms. The van der Waals surface area contributed by atoms with Crippen molar-refractivity contribution < 1.29 is 23.9 Å². The Balaban J connectivity index is 1.58. The van der Waals surface area contributed by atoms with E-state index in [1.165, 1.54) is 14.2 Å². The highest BCUT2D eigenvalue weighted by atomic mass is 35.5. The summed E-state index contributed by atoms with van der Waals surface area (Å²) < 4.78 is 10.4. The second-order valence-electron chi connectivity index (χ2n) is 7.79. The topological polar surface area (TPSA) is 97.0 Å². The third-order valence-electron chi connectivity index (χ3n) is 5.53. The largest absolute Gasteiger partial charge is 0.497 e. The number of nitrogens with zero attached hydrogens (tertiary/aromatic N) is 1. The van der Waals surface area contributed by atoms with Crippen LogP contribution in [0.3, 0.4) is 0 Å². The van der Waals surface area contributed by atoms with Crippen LogP contribution in [-0.2, 0) is 9.59 Å². The maximum absolute atomic E-state index is 13.1. The van der Waals surface area contributed by atoms with Crippen molar-refractivity contribution in [1.82, 2.24) is 0 Å². The molecule has 8 nitrogen and oxygen atoms in total. The molecule has 1 aliphatic heterocycles. The minimum atomic E-state index is -0.658. The Morgan fingerprint density at radius 1 is 0.861 bits per heavy atom. The summed E-state index contributed by atoms with van der Waals surface area (Å²) in [6, 6.07) is 16.2. The number of anilines is 3. The molecule has 0 aromatic heterocycles. The number of carbonyl (C=O) groups is 3. The van der Waals surface area contributed by atoms with Gasteiger partial charge in [-0.1, -0.05) is 29.3 Å². The van der Waals surface area contributed by atoms with Crippen LogP contribution in [-0.4, -0.2) is 31.9 Å². The van der Waals surface area contributed by atoms with Crippen LogP contribution < -0.4 is 25.0 Å². The van der Waals surface area contributed by atoms with Crippen molar-refractivity contribution in [3.05, 3.63) is 87.5 Å². The van der Waals surface area contributed by atoms with E-state index in [1.807, 2.05) is 0 Å². The van der Waals surface area contributed by atoms with Crippen molar-refractivity contribution in [3.63, 3.8) is 0 Å². The number of aryl methyl sites for hydroxylation is 1. The third kappa shape index (κ3) is 4.86. The Labute approximate surface area is 217 Å². The van der Waals surface area contributed by atoms with Crippen LogP contribution in [0.2, 0.25) is 5.02 Å². The molecule has 0 spiro atoms. The number of rotatable bonds is 7. The summed E-state index contributed by atoms with van der Waals surface area (Å²) in [7, 11) is 3.00. The number of halogens is 2. The van der Waals surface area contributed by atoms with E-state index in [-0.39, 0.29) is 10.7 Å². The van der Waals surface area contributed by atoms with E-state index in [4.69, 9.17) is 32.7 Å². The summed E-state index contributed by atoms with van der Waals surface area (Å²) in [5.74, 6) is -0.672. The van der Waals surface area contributed by atoms with Crippen molar-refractivity contribution in [1.29, 1.82) is 0 Å². The first-order valence-corrected chi connectivity index (χ1v) is 11.4. The number of hydrogen-bond acceptors (Lipinski definition) is 6. The molecule has 0 saturated heterocycles. The van der Waals surface area contributed by atoms with Crippen molar-refractivity contribution >= 4 is 58.0 Å². The molecule has 2 N–H and O–H groups in total. The number of nitrogens with one attached hydrogen (secondary N) is 2. The lowest BCUT2D eigenvalue weighted by atomic mass is 10.1. The maximum Gasteiger partial charge on any atom is 0.283 e. The van der Waals surface area contributed by atoms with Gasteiger partial charge in [0, 0.05) is 16.3 Å². The van der Waals surface area contributed by atoms with Gasteiger partial charge in [-0.3, -0.25) is 14.4 Å². The molecule has 3 aromatic rings. The SMILES string of the molecule is COc1ccc(N2C(=O)C(Cl)=C(Nc3cc(C(=O)Nc4cc(Cl)ccc4OC)ccc3C)C2=O)cc1. The maximum atomic E-state index is 13.1. The van der Waals surface area contributed by atoms with Gasteiger partial charge in [-0.25, -0.2) is 4.90 Å². The molecule has 184 valence electrons. The van der Waals surface area contributed by atoms with Crippen LogP contribution in [0.25, 0.3) is 0 Å². The molecule has 0 atom stereocenters. The molecular weight excluding hydrogens is 505 g/mol. The van der Waals surface area contributed by atoms with Crippen LogP contribution in [0.5, 0.6) is 11.5 Å². The normalized spacial score (nSPS) is 13.2. The van der Waals surface area contributed by atoms with Gasteiger partial charge in [0.2, 0.25) is 0 Å². The number of hydrogen-bond donors (Lipinski definition) is 2. The summed E-state index contributed by atoms with van der Waals surface area (Å²) in [5.41, 5.74) is 2.13. The standard InChI is InChI=1S/C26H21Cl2N3O5/c1-14-4-5-15(24(32)30-20-13-16(27)6-11-21(20)36-3)12-19(14)29-23-22(28)25(33)31(26(23)34)17-7-9-18(35-2)10-8-17/h4-13,29H,1-3H3,(H,30,32). The van der Waals surface area contributed by atoms with Gasteiger partial charge in [-0.15, -0.1) is 0 Å². The van der Waals surface area contributed by atoms with Crippen molar-refractivity contribution in [2.75, 3.05) is 29.8 Å². The van der Waals surface area contributed by atoms with Gasteiger partial charge in [0.05, 0.1) is 25.6 Å². The molecule has 1 heterocycles. The van der Waals surface area contributed by atoms with Crippen LogP contribution in [0.4, 0.5) is 17.1 Å². The van der Waals surface area contributed by atoms with E-state index in [1.54, 1.807) is 67.6 Å². The summed E-state index contributed by atoms with van der Waals surface area (Å²) in [4.78, 5) is 39.8. The minimum absolute atomic E-state index is 0.0883. The minimum Gasteiger partial charge on any atom is -0.497 e. The molecule has 10 heteroatoms. The first-order valence-electron chi connectivity index (χ1n) is 10.7. The summed E-state index contributed by atoms with van der Waals surface area (Å²) in [6.45, 7) is 1.79. The fourth-order valence-electron chi connectivity index (χ4n) is 3.58. The summed E-state index contributed by atoms with van der Waals surface area (Å²) in [5, 5.41) is 5.88. The first kappa shape index (κ1) is 25.1. The van der Waals surface area contributed by atoms with Gasteiger partial charge >= 0.3 is 0 Å². The average molecular weight is 526 g/mol. The van der Waals surface area contributed by atoms with Gasteiger partial charge in [0.25, 0.3) is 17.7 Å². The molecule has 0 aliphatic carbocycles. The van der Waals surface area contributed by atoms with E-state index < -0.39 is 17.7 Å². The molecule has 0 fully saturated rings. The number of methoxy groups -OCH3 is 2. The summed E-state index contributed by atoms with van der Waals surface area (Å²) >= 11 is 12.3. The number of imide groups is 1. The average Bonchev–Trinajstić information content (AvgIpc) is 3.08. The first-order chi connectivity index (χ1) is 17.2. The second kappa shape index (κ2) is 10.3. The molecule has 0 radical (unpaired) electrons. The molecule has 0 saturated carbocycles. The van der Waals surface area contributed by atoms with Gasteiger partial charge < -0.3 is 20.1 Å². The molecule has 0 bridgehead atoms. The van der Waals surface area contributed by atoms with Crippen molar-refractivity contribution in [2.45, 2.75) is 6.92 Å². The number of amides is 3. The highest BCUT2D eigenvalue weighted by Crippen LogP contribution is 2.32. The predicted octanol–water partition coefficient (Wildman–Crippen LogP) is 5.35. The molecule has 3 aromatic carbocycles. The van der Waals surface area contributed by atoms with Gasteiger partial charge in [0.15, 0.2) is 0 Å². The van der Waals surface area contributed by atoms with Crippen molar-refractivity contribution in [2.24, 2.45) is 0 Å². The zero-order valence-electron chi connectivity index (χ0n) is 19.5. The Kier molecular flexibility index (Phi) is 7.19. The second-order valence-corrected chi connectivity index (χ2v) is 8.60. The van der Waals surface area contributed by atoms with E-state index in [9.17, 15) is 14.4 Å². The molecular formula is C26H21Cl2N3O5. The highest BCUT2D eigenvalue weighted by Gasteiger charge is 2.39. The Bertz CT molecular complexity index is 1400. The molecule has 4 rings (SSSR count). The van der Waals surface area contributed by atoms with Gasteiger partial charge in [0.1, 0.15) is 22.2 Å². The molecule has 1 aliphatic rings. The highest BCUT2D eigenvalue weighted by molar-refractivity contribution is 6.53. The number of benzene rings is 3. The van der Waals surface area contributed by atoms with Crippen LogP contribution in [0, 0.1) is 6.92 Å². The van der Waals surface area contributed by atoms with E-state index >= 15 is 0 Å². The number of ether oxygens (including phenoxy) is 2. The van der Waals surface area contributed by atoms with Crippen LogP contribution in [0.15, 0.2) is 71.4 Å². The van der Waals surface area contributed by atoms with Crippen LogP contribution >= 0.6 is 23.2 Å². The fourth-order valence-corrected chi connectivity index (χ4v) is 3.97. The predicted molar refractivity (Wildman–Crippen MR) is 139 cm³/mol.